The molecule has 1 saturated carbocycles. The first-order chi connectivity index (χ1) is 12.6. The van der Waals surface area contributed by atoms with Gasteiger partial charge in [0.25, 0.3) is 5.91 Å². The molecule has 26 heavy (non-hydrogen) atoms. The maximum absolute atomic E-state index is 11.9. The molecule has 0 bridgehead atoms. The van der Waals surface area contributed by atoms with Crippen molar-refractivity contribution in [1.82, 2.24) is 5.32 Å². The molecule has 142 valence electrons. The highest BCUT2D eigenvalue weighted by atomic mass is 16.7. The second-order valence-corrected chi connectivity index (χ2v) is 6.38. The van der Waals surface area contributed by atoms with Crippen LogP contribution in [0.1, 0.15) is 38.2 Å². The number of amides is 1. The lowest BCUT2D eigenvalue weighted by atomic mass is 9.86. The highest BCUT2D eigenvalue weighted by Gasteiger charge is 2.23. The van der Waals surface area contributed by atoms with Crippen LogP contribution in [0.15, 0.2) is 29.4 Å². The molecule has 0 aliphatic heterocycles. The number of carbonyl (C=O) groups excluding carboxylic acids is 2. The average Bonchev–Trinajstić information content (AvgIpc) is 2.66. The number of rotatable bonds is 8. The molecule has 2 rings (SSSR count). The Bertz CT molecular complexity index is 615. The molecule has 0 aromatic heterocycles. The van der Waals surface area contributed by atoms with Crippen molar-refractivity contribution in [2.75, 3.05) is 20.3 Å². The summed E-state index contributed by atoms with van der Waals surface area (Å²) in [5, 5.41) is 6.63. The Kier molecular flexibility index (Phi) is 7.92. The predicted molar refractivity (Wildman–Crippen MR) is 97.1 cm³/mol. The number of carbonyl (C=O) groups is 2. The normalized spacial score (nSPS) is 19.8. The molecule has 0 unspecified atom stereocenters. The average molecular weight is 362 g/mol. The Morgan fingerprint density at radius 3 is 2.62 bits per heavy atom. The van der Waals surface area contributed by atoms with E-state index in [2.05, 4.69) is 17.4 Å². The zero-order valence-electron chi connectivity index (χ0n) is 15.3. The molecule has 1 N–H and O–H groups in total. The highest BCUT2D eigenvalue weighted by molar-refractivity contribution is 5.81. The number of oxime groups is 1. The lowest BCUT2D eigenvalue weighted by Gasteiger charge is -2.29. The van der Waals surface area contributed by atoms with E-state index in [-0.39, 0.29) is 25.2 Å². The predicted octanol–water partition coefficient (Wildman–Crippen LogP) is 2.28. The minimum Gasteiger partial charge on any atom is -0.497 e. The molecule has 1 aliphatic rings. The summed E-state index contributed by atoms with van der Waals surface area (Å²) < 4.78 is 9.95. The summed E-state index contributed by atoms with van der Waals surface area (Å²) in [7, 11) is 1.59. The zero-order chi connectivity index (χ0) is 18.8. The third-order valence-corrected chi connectivity index (χ3v) is 4.40. The Morgan fingerprint density at radius 2 is 1.92 bits per heavy atom. The number of hydrogen-bond acceptors (Lipinski definition) is 6. The van der Waals surface area contributed by atoms with Gasteiger partial charge in [0.15, 0.2) is 6.61 Å². The molecular weight excluding hydrogens is 336 g/mol. The molecule has 7 heteroatoms. The first-order valence-electron chi connectivity index (χ1n) is 8.83. The summed E-state index contributed by atoms with van der Waals surface area (Å²) in [5.74, 6) is 0.286. The van der Waals surface area contributed by atoms with Gasteiger partial charge in [0.05, 0.1) is 13.3 Å². The van der Waals surface area contributed by atoms with Gasteiger partial charge in [0.1, 0.15) is 5.75 Å². The van der Waals surface area contributed by atoms with E-state index in [0.717, 1.165) is 30.6 Å². The van der Waals surface area contributed by atoms with Gasteiger partial charge in [-0.05, 0) is 48.6 Å². The van der Waals surface area contributed by atoms with Crippen molar-refractivity contribution in [2.24, 2.45) is 11.1 Å². The number of hydrogen-bond donors (Lipinski definition) is 1. The van der Waals surface area contributed by atoms with Crippen molar-refractivity contribution in [3.05, 3.63) is 29.8 Å². The summed E-state index contributed by atoms with van der Waals surface area (Å²) >= 11 is 0. The van der Waals surface area contributed by atoms with Crippen molar-refractivity contribution in [1.29, 1.82) is 0 Å². The fourth-order valence-electron chi connectivity index (χ4n) is 2.84. The molecular formula is C19H26N2O5. The van der Waals surface area contributed by atoms with Crippen molar-refractivity contribution < 1.29 is 23.9 Å². The van der Waals surface area contributed by atoms with Crippen LogP contribution in [-0.4, -0.2) is 44.5 Å². The molecule has 1 fully saturated rings. The molecule has 0 spiro atoms. The number of esters is 1. The maximum Gasteiger partial charge on any atom is 0.347 e. The van der Waals surface area contributed by atoms with Gasteiger partial charge < -0.3 is 19.6 Å². The number of benzene rings is 1. The Morgan fingerprint density at radius 1 is 1.19 bits per heavy atom. The van der Waals surface area contributed by atoms with Gasteiger partial charge in [-0.1, -0.05) is 24.9 Å². The SMILES string of the molecule is COc1ccc(/C=N\OCC(=O)OCC(=O)N[C@@H]2CCCC[C@H]2C)cc1. The minimum absolute atomic E-state index is 0.167. The van der Waals surface area contributed by atoms with Crippen LogP contribution in [0.4, 0.5) is 0 Å². The van der Waals surface area contributed by atoms with Crippen LogP contribution in [0.2, 0.25) is 0 Å². The third-order valence-electron chi connectivity index (χ3n) is 4.40. The van der Waals surface area contributed by atoms with Gasteiger partial charge >= 0.3 is 5.97 Å². The fourth-order valence-corrected chi connectivity index (χ4v) is 2.84. The number of nitrogens with one attached hydrogen (secondary N) is 1. The molecule has 0 heterocycles. The Balaban J connectivity index is 1.62. The monoisotopic (exact) mass is 362 g/mol. The molecule has 0 radical (unpaired) electrons. The minimum atomic E-state index is -0.635. The first kappa shape index (κ1) is 19.8. The van der Waals surface area contributed by atoms with E-state index in [0.29, 0.717) is 5.92 Å². The summed E-state index contributed by atoms with van der Waals surface area (Å²) in [6.07, 6.45) is 5.89. The van der Waals surface area contributed by atoms with Crippen molar-refractivity contribution >= 4 is 18.1 Å². The van der Waals surface area contributed by atoms with E-state index in [1.807, 2.05) is 0 Å². The van der Waals surface area contributed by atoms with E-state index in [1.165, 1.54) is 12.6 Å². The zero-order valence-corrected chi connectivity index (χ0v) is 15.3. The van der Waals surface area contributed by atoms with Crippen molar-refractivity contribution in [3.63, 3.8) is 0 Å². The number of ether oxygens (including phenoxy) is 2. The second-order valence-electron chi connectivity index (χ2n) is 6.38. The van der Waals surface area contributed by atoms with Gasteiger partial charge in [-0.25, -0.2) is 4.79 Å². The first-order valence-corrected chi connectivity index (χ1v) is 8.83. The number of methoxy groups -OCH3 is 1. The van der Waals surface area contributed by atoms with E-state index in [9.17, 15) is 9.59 Å². The van der Waals surface area contributed by atoms with Crippen LogP contribution in [0.5, 0.6) is 5.75 Å². The van der Waals surface area contributed by atoms with Crippen molar-refractivity contribution in [2.45, 2.75) is 38.6 Å². The molecule has 7 nitrogen and oxygen atoms in total. The van der Waals surface area contributed by atoms with Crippen LogP contribution >= 0.6 is 0 Å². The molecule has 1 aliphatic carbocycles. The standard InChI is InChI=1S/C19H26N2O5/c1-14-5-3-4-6-17(14)21-18(22)12-25-19(23)13-26-20-11-15-7-9-16(24-2)10-8-15/h7-11,14,17H,3-6,12-13H2,1-2H3,(H,21,22)/b20-11-/t14-,17-/m1/s1. The van der Waals surface area contributed by atoms with Crippen LogP contribution < -0.4 is 10.1 Å². The highest BCUT2D eigenvalue weighted by Crippen LogP contribution is 2.23. The fraction of sp³-hybridized carbons (Fsp3) is 0.526. The summed E-state index contributed by atoms with van der Waals surface area (Å²) in [5.41, 5.74) is 0.806. The lowest BCUT2D eigenvalue weighted by Crippen LogP contribution is -2.43. The topological polar surface area (TPSA) is 86.2 Å². The van der Waals surface area contributed by atoms with Gasteiger partial charge in [0.2, 0.25) is 6.61 Å². The van der Waals surface area contributed by atoms with E-state index in [1.54, 1.807) is 31.4 Å². The lowest BCUT2D eigenvalue weighted by molar-refractivity contribution is -0.153. The van der Waals surface area contributed by atoms with Crippen LogP contribution in [-0.2, 0) is 19.2 Å². The maximum atomic E-state index is 11.9. The third kappa shape index (κ3) is 6.74. The van der Waals surface area contributed by atoms with E-state index >= 15 is 0 Å². The Hall–Kier alpha value is -2.57. The Labute approximate surface area is 153 Å². The molecule has 1 amide bonds. The quantitative estimate of drug-likeness (QED) is 0.436. The van der Waals surface area contributed by atoms with Crippen molar-refractivity contribution in [3.8, 4) is 5.75 Å². The largest absolute Gasteiger partial charge is 0.497 e. The van der Waals surface area contributed by atoms with Gasteiger partial charge in [0, 0.05) is 6.04 Å². The molecule has 1 aromatic rings. The smallest absolute Gasteiger partial charge is 0.347 e. The summed E-state index contributed by atoms with van der Waals surface area (Å²) in [4.78, 5) is 28.3. The summed E-state index contributed by atoms with van der Waals surface area (Å²) in [6.45, 7) is 1.48. The van der Waals surface area contributed by atoms with Crippen LogP contribution in [0.3, 0.4) is 0 Å². The van der Waals surface area contributed by atoms with Crippen LogP contribution in [0.25, 0.3) is 0 Å². The second kappa shape index (κ2) is 10.4. The summed E-state index contributed by atoms with van der Waals surface area (Å²) in [6, 6.07) is 7.37. The number of nitrogens with zero attached hydrogens (tertiary/aromatic N) is 1. The van der Waals surface area contributed by atoms with E-state index in [4.69, 9.17) is 14.3 Å². The molecule has 1 aromatic carbocycles. The molecule has 0 saturated heterocycles. The van der Waals surface area contributed by atoms with E-state index < -0.39 is 5.97 Å². The van der Waals surface area contributed by atoms with Gasteiger partial charge in [-0.15, -0.1) is 0 Å². The van der Waals surface area contributed by atoms with Gasteiger partial charge in [-0.2, -0.15) is 0 Å². The van der Waals surface area contributed by atoms with Gasteiger partial charge in [-0.3, -0.25) is 4.79 Å². The van der Waals surface area contributed by atoms with Crippen LogP contribution in [0, 0.1) is 5.92 Å². The molecule has 2 atom stereocenters.